The molecule has 0 bridgehead atoms. The summed E-state index contributed by atoms with van der Waals surface area (Å²) in [6.07, 6.45) is 1.61. The SMILES string of the molecule is CCCCOc1c(NC(=O)CNC(C)(C)C)nc(N(C)C)c2c1C(O)=C1C(=O)[C@]3(O)C(O)=C(C(N)=O)C(=O)[C@@H](N(C)C)[C@@H]3C[C@@H]1C2. The fourth-order valence-electron chi connectivity index (χ4n) is 6.60. The molecule has 0 unspecified atom stereocenters. The van der Waals surface area contributed by atoms with E-state index in [2.05, 4.69) is 10.6 Å². The highest BCUT2D eigenvalue weighted by Gasteiger charge is 2.64. The second kappa shape index (κ2) is 12.6. The number of hydrogen-bond acceptors (Lipinski definition) is 12. The summed E-state index contributed by atoms with van der Waals surface area (Å²) in [5.74, 6) is -6.48. The predicted octanol–water partition coefficient (Wildman–Crippen LogP) is 1.22. The van der Waals surface area contributed by atoms with Gasteiger partial charge in [-0.1, -0.05) is 13.3 Å². The Morgan fingerprint density at radius 3 is 2.35 bits per heavy atom. The number of nitrogens with two attached hydrogens (primary N) is 1. The Bertz CT molecular complexity index is 1520. The van der Waals surface area contributed by atoms with Gasteiger partial charge in [0.1, 0.15) is 22.9 Å². The van der Waals surface area contributed by atoms with E-state index in [4.69, 9.17) is 15.5 Å². The minimum atomic E-state index is -2.71. The van der Waals surface area contributed by atoms with Gasteiger partial charge in [0, 0.05) is 36.7 Å². The molecule has 4 atom stereocenters. The van der Waals surface area contributed by atoms with E-state index in [1.807, 2.05) is 27.7 Å². The number of rotatable bonds is 10. The first-order valence-corrected chi connectivity index (χ1v) is 15.4. The minimum Gasteiger partial charge on any atom is -0.508 e. The Hall–Kier alpha value is -4.01. The number of aliphatic hydroxyl groups is 3. The van der Waals surface area contributed by atoms with Crippen LogP contribution < -0.4 is 26.0 Å². The first kappa shape index (κ1) is 34.9. The Morgan fingerprint density at radius 1 is 1.15 bits per heavy atom. The van der Waals surface area contributed by atoms with Crippen molar-refractivity contribution in [3.63, 3.8) is 0 Å². The van der Waals surface area contributed by atoms with Crippen LogP contribution in [-0.4, -0.2) is 107 Å². The molecular formula is C32H46N6O8. The third-order valence-corrected chi connectivity index (χ3v) is 8.75. The molecule has 252 valence electrons. The zero-order valence-electron chi connectivity index (χ0n) is 27.8. The van der Waals surface area contributed by atoms with Crippen LogP contribution in [0.2, 0.25) is 0 Å². The minimum absolute atomic E-state index is 0.00160. The van der Waals surface area contributed by atoms with E-state index in [-0.39, 0.29) is 54.2 Å². The number of ether oxygens (including phenoxy) is 1. The van der Waals surface area contributed by atoms with E-state index in [1.54, 1.807) is 33.1 Å². The Morgan fingerprint density at radius 2 is 1.80 bits per heavy atom. The summed E-state index contributed by atoms with van der Waals surface area (Å²) in [6.45, 7) is 7.93. The zero-order chi connectivity index (χ0) is 34.5. The van der Waals surface area contributed by atoms with Crippen molar-refractivity contribution in [1.82, 2.24) is 15.2 Å². The first-order valence-electron chi connectivity index (χ1n) is 15.4. The second-order valence-electron chi connectivity index (χ2n) is 13.7. The number of anilines is 2. The lowest BCUT2D eigenvalue weighted by Gasteiger charge is -2.50. The van der Waals surface area contributed by atoms with Crippen LogP contribution >= 0.6 is 0 Å². The Balaban J connectivity index is 1.95. The van der Waals surface area contributed by atoms with Crippen LogP contribution in [0.4, 0.5) is 11.6 Å². The van der Waals surface area contributed by atoms with Crippen molar-refractivity contribution in [2.24, 2.45) is 17.6 Å². The molecule has 2 amide bonds. The lowest BCUT2D eigenvalue weighted by Crippen LogP contribution is -2.65. The topological polar surface area (TPSA) is 208 Å². The molecule has 0 radical (unpaired) electrons. The van der Waals surface area contributed by atoms with Gasteiger partial charge in [-0.3, -0.25) is 24.1 Å². The molecule has 1 aromatic rings. The Kier molecular flexibility index (Phi) is 9.58. The number of amides is 2. The van der Waals surface area contributed by atoms with Gasteiger partial charge in [-0.25, -0.2) is 4.98 Å². The monoisotopic (exact) mass is 642 g/mol. The molecule has 3 aliphatic carbocycles. The number of carbonyl (C=O) groups excluding carboxylic acids is 4. The molecule has 46 heavy (non-hydrogen) atoms. The van der Waals surface area contributed by atoms with Gasteiger partial charge in [0.15, 0.2) is 23.0 Å². The quantitative estimate of drug-likeness (QED) is 0.157. The van der Waals surface area contributed by atoms with E-state index in [9.17, 15) is 34.5 Å². The number of pyridine rings is 1. The van der Waals surface area contributed by atoms with Crippen LogP contribution in [0.15, 0.2) is 16.9 Å². The van der Waals surface area contributed by atoms with Gasteiger partial charge in [0.2, 0.25) is 11.7 Å². The highest BCUT2D eigenvalue weighted by atomic mass is 16.5. The molecule has 0 saturated heterocycles. The number of nitrogens with one attached hydrogen (secondary N) is 2. The summed E-state index contributed by atoms with van der Waals surface area (Å²) in [5, 5.41) is 41.0. The molecular weight excluding hydrogens is 596 g/mol. The fraction of sp³-hybridized carbons (Fsp3) is 0.594. The number of ketones is 2. The molecule has 1 aromatic heterocycles. The molecule has 0 aromatic carbocycles. The molecule has 3 aliphatic rings. The number of aromatic nitrogens is 1. The van der Waals surface area contributed by atoms with Crippen molar-refractivity contribution in [1.29, 1.82) is 0 Å². The number of aliphatic hydroxyl groups excluding tert-OH is 2. The van der Waals surface area contributed by atoms with Crippen molar-refractivity contribution in [3.8, 4) is 5.75 Å². The number of primary amides is 1. The largest absolute Gasteiger partial charge is 0.508 e. The average molecular weight is 643 g/mol. The third kappa shape index (κ3) is 5.96. The van der Waals surface area contributed by atoms with Gasteiger partial charge in [-0.2, -0.15) is 0 Å². The summed E-state index contributed by atoms with van der Waals surface area (Å²) in [4.78, 5) is 61.0. The summed E-state index contributed by atoms with van der Waals surface area (Å²) in [6, 6.07) is -1.16. The van der Waals surface area contributed by atoms with Gasteiger partial charge >= 0.3 is 0 Å². The number of likely N-dealkylation sites (N-methyl/N-ethyl adjacent to an activating group) is 1. The maximum absolute atomic E-state index is 14.3. The van der Waals surface area contributed by atoms with E-state index in [0.29, 0.717) is 17.8 Å². The maximum Gasteiger partial charge on any atom is 0.255 e. The molecule has 1 saturated carbocycles. The fourth-order valence-corrected chi connectivity index (χ4v) is 6.60. The van der Waals surface area contributed by atoms with E-state index < -0.39 is 64.0 Å². The van der Waals surface area contributed by atoms with Crippen molar-refractivity contribution in [3.05, 3.63) is 28.0 Å². The van der Waals surface area contributed by atoms with Crippen molar-refractivity contribution in [2.75, 3.05) is 51.6 Å². The molecule has 7 N–H and O–H groups in total. The van der Waals surface area contributed by atoms with Crippen molar-refractivity contribution < 1.29 is 39.2 Å². The van der Waals surface area contributed by atoms with Gasteiger partial charge in [-0.15, -0.1) is 0 Å². The lowest BCUT2D eigenvalue weighted by atomic mass is 9.57. The molecule has 14 heteroatoms. The van der Waals surface area contributed by atoms with Crippen LogP contribution in [0.5, 0.6) is 5.75 Å². The maximum atomic E-state index is 14.3. The molecule has 0 aliphatic heterocycles. The average Bonchev–Trinajstić information content (AvgIpc) is 2.94. The molecule has 14 nitrogen and oxygen atoms in total. The van der Waals surface area contributed by atoms with E-state index >= 15 is 0 Å². The number of nitrogens with zero attached hydrogens (tertiary/aromatic N) is 3. The van der Waals surface area contributed by atoms with Crippen LogP contribution in [-0.2, 0) is 25.6 Å². The number of carbonyl (C=O) groups is 4. The molecule has 4 rings (SSSR count). The summed E-state index contributed by atoms with van der Waals surface area (Å²) >= 11 is 0. The van der Waals surface area contributed by atoms with Gasteiger partial charge in [-0.05, 0) is 60.0 Å². The van der Waals surface area contributed by atoms with Crippen LogP contribution in [0.25, 0.3) is 5.76 Å². The number of fused-ring (bicyclic) bond motifs is 3. The first-order chi connectivity index (χ1) is 21.4. The molecule has 1 fully saturated rings. The molecule has 0 spiro atoms. The second-order valence-corrected chi connectivity index (χ2v) is 13.7. The van der Waals surface area contributed by atoms with Gasteiger partial charge in [0.25, 0.3) is 5.91 Å². The normalized spacial score (nSPS) is 24.4. The van der Waals surface area contributed by atoms with Crippen molar-refractivity contribution >= 4 is 40.8 Å². The van der Waals surface area contributed by atoms with Crippen LogP contribution in [0.1, 0.15) is 58.1 Å². The van der Waals surface area contributed by atoms with E-state index in [1.165, 1.54) is 4.90 Å². The lowest BCUT2D eigenvalue weighted by molar-refractivity contribution is -0.153. The smallest absolute Gasteiger partial charge is 0.255 e. The van der Waals surface area contributed by atoms with Crippen LogP contribution in [0.3, 0.4) is 0 Å². The van der Waals surface area contributed by atoms with Crippen molar-refractivity contribution in [2.45, 2.75) is 70.6 Å². The number of unbranched alkanes of at least 4 members (excludes halogenated alkanes) is 1. The number of hydrogen-bond donors (Lipinski definition) is 6. The predicted molar refractivity (Wildman–Crippen MR) is 171 cm³/mol. The number of Topliss-reactive ketones (excluding diaryl/α,β-unsaturated/α-hetero) is 2. The van der Waals surface area contributed by atoms with E-state index in [0.717, 1.165) is 6.42 Å². The highest BCUT2D eigenvalue weighted by molar-refractivity contribution is 6.24. The van der Waals surface area contributed by atoms with Crippen LogP contribution in [0, 0.1) is 11.8 Å². The molecule has 1 heterocycles. The summed E-state index contributed by atoms with van der Waals surface area (Å²) < 4.78 is 6.15. The Labute approximate surface area is 268 Å². The summed E-state index contributed by atoms with van der Waals surface area (Å²) in [5.41, 5.74) is 2.04. The van der Waals surface area contributed by atoms with Gasteiger partial charge < -0.3 is 41.3 Å². The summed E-state index contributed by atoms with van der Waals surface area (Å²) in [7, 11) is 6.64. The highest BCUT2D eigenvalue weighted by Crippen LogP contribution is 2.54. The third-order valence-electron chi connectivity index (χ3n) is 8.75. The van der Waals surface area contributed by atoms with Gasteiger partial charge in [0.05, 0.1) is 24.8 Å². The zero-order valence-corrected chi connectivity index (χ0v) is 27.8. The standard InChI is InChI=1S/C32H46N6O8/c1-9-10-11-46-25-20-16(30(38(7)8)36-29(25)35-18(39)14-34-31(2,3)4)12-15-13-17-22(37(5)6)24(41)21(28(33)44)27(43)32(17,45)26(42)19(15)23(20)40/h15,17,22,34,40,43,45H,9-14H2,1-8H3,(H2,33,44)(H,35,36,39)/t15-,17-,22-,32-/m0/s1.